The highest BCUT2D eigenvalue weighted by Gasteiger charge is 2.35. The van der Waals surface area contributed by atoms with Gasteiger partial charge in [0, 0.05) is 30.3 Å². The summed E-state index contributed by atoms with van der Waals surface area (Å²) < 4.78 is 29.3. The maximum atomic E-state index is 15.1. The van der Waals surface area contributed by atoms with Crippen LogP contribution < -0.4 is 0 Å². The van der Waals surface area contributed by atoms with Crippen molar-refractivity contribution in [2.45, 2.75) is 64.9 Å². The Bertz CT molecular complexity index is 832. The molecule has 0 aromatic carbocycles. The van der Waals surface area contributed by atoms with Crippen LogP contribution in [0.3, 0.4) is 0 Å². The minimum absolute atomic E-state index is 0.00293. The van der Waals surface area contributed by atoms with E-state index in [9.17, 15) is 4.39 Å². The topological polar surface area (TPSA) is 63.8 Å². The highest BCUT2D eigenvalue weighted by molar-refractivity contribution is 6.23. The van der Waals surface area contributed by atoms with E-state index in [4.69, 9.17) is 22.4 Å². The average Bonchev–Trinajstić information content (AvgIpc) is 2.79. The molecular formula is C21H27ClF2N4. The van der Waals surface area contributed by atoms with E-state index in [0.717, 1.165) is 11.8 Å². The maximum absolute atomic E-state index is 15.1. The van der Waals surface area contributed by atoms with Crippen LogP contribution in [0.4, 0.5) is 8.78 Å². The second-order valence-electron chi connectivity index (χ2n) is 6.55. The van der Waals surface area contributed by atoms with Crippen molar-refractivity contribution in [3.8, 4) is 0 Å². The molecule has 28 heavy (non-hydrogen) atoms. The van der Waals surface area contributed by atoms with Crippen LogP contribution in [0.5, 0.6) is 0 Å². The zero-order valence-corrected chi connectivity index (χ0v) is 17.5. The van der Waals surface area contributed by atoms with Crippen LogP contribution in [0, 0.1) is 16.6 Å². The number of hydrogen-bond donors (Lipinski definition) is 2. The summed E-state index contributed by atoms with van der Waals surface area (Å²) in [6.07, 6.45) is 4.41. The Morgan fingerprint density at radius 2 is 2.00 bits per heavy atom. The fourth-order valence-corrected chi connectivity index (χ4v) is 4.06. The van der Waals surface area contributed by atoms with Gasteiger partial charge < -0.3 is 0 Å². The Labute approximate surface area is 170 Å². The number of allylic oxidation sites excluding steroid dienone is 4. The number of pyridine rings is 1. The number of rotatable bonds is 2. The summed E-state index contributed by atoms with van der Waals surface area (Å²) >= 11 is 6.50. The van der Waals surface area contributed by atoms with Crippen molar-refractivity contribution in [3.05, 3.63) is 46.7 Å². The van der Waals surface area contributed by atoms with Gasteiger partial charge in [-0.05, 0) is 36.5 Å². The van der Waals surface area contributed by atoms with Crippen LogP contribution in [0.25, 0.3) is 5.57 Å². The number of nitrogens with zero attached hydrogens (tertiary/aromatic N) is 2. The second kappa shape index (κ2) is 9.41. The lowest BCUT2D eigenvalue weighted by atomic mass is 9.93. The van der Waals surface area contributed by atoms with E-state index in [-0.39, 0.29) is 18.1 Å². The van der Waals surface area contributed by atoms with Crippen molar-refractivity contribution in [1.82, 2.24) is 9.88 Å². The second-order valence-corrected chi connectivity index (χ2v) is 7.08. The van der Waals surface area contributed by atoms with Crippen LogP contribution in [-0.2, 0) is 6.42 Å². The fourth-order valence-electron chi connectivity index (χ4n) is 3.67. The molecule has 0 saturated carbocycles. The first kappa shape index (κ1) is 22.2. The number of hydrogen-bond acceptors (Lipinski definition) is 3. The van der Waals surface area contributed by atoms with Gasteiger partial charge >= 0.3 is 0 Å². The molecule has 1 aromatic rings. The number of halogens is 3. The number of alkyl halides is 2. The summed E-state index contributed by atoms with van der Waals surface area (Å²) in [6.45, 7) is 7.41. The summed E-state index contributed by atoms with van der Waals surface area (Å²) in [7, 11) is 0. The molecule has 0 bridgehead atoms. The van der Waals surface area contributed by atoms with Gasteiger partial charge in [-0.15, -0.1) is 11.6 Å². The van der Waals surface area contributed by atoms with Crippen molar-refractivity contribution < 1.29 is 8.78 Å². The first-order valence-corrected chi connectivity index (χ1v) is 10.1. The van der Waals surface area contributed by atoms with Crippen LogP contribution in [0.2, 0.25) is 0 Å². The summed E-state index contributed by atoms with van der Waals surface area (Å²) in [5, 5.41) is 15.4. The van der Waals surface area contributed by atoms with Gasteiger partial charge in [-0.1, -0.05) is 26.8 Å². The van der Waals surface area contributed by atoms with Crippen LogP contribution >= 0.6 is 11.6 Å². The minimum Gasteiger partial charge on any atom is -0.289 e. The predicted octanol–water partition coefficient (Wildman–Crippen LogP) is 5.87. The van der Waals surface area contributed by atoms with E-state index in [1.807, 2.05) is 20.8 Å². The van der Waals surface area contributed by atoms with E-state index in [1.54, 1.807) is 13.0 Å². The lowest BCUT2D eigenvalue weighted by molar-refractivity contribution is 0.387. The molecule has 0 spiro atoms. The molecule has 1 aliphatic carbocycles. The normalized spacial score (nSPS) is 22.0. The Balaban J connectivity index is 0.00000136. The monoisotopic (exact) mass is 408 g/mol. The minimum atomic E-state index is -1.38. The smallest absolute Gasteiger partial charge is 0.145 e. The standard InChI is InChI=1S/C19H21ClF2N4.C2H6/c1-3-12-14(8-25-9-17(12)22)13-6-11-4-5-18(24)26(10(2)23)19(11)15(20)7-16(13)21;1-2/h6,8-9,15-16,23-24H,3-5,7H2,1-2H3;1-2H3. The zero-order chi connectivity index (χ0) is 21.0. The summed E-state index contributed by atoms with van der Waals surface area (Å²) in [6, 6.07) is 0. The van der Waals surface area contributed by atoms with Crippen molar-refractivity contribution in [1.29, 1.82) is 10.8 Å². The highest BCUT2D eigenvalue weighted by Crippen LogP contribution is 2.40. The van der Waals surface area contributed by atoms with E-state index in [0.29, 0.717) is 41.7 Å². The van der Waals surface area contributed by atoms with E-state index >= 15 is 4.39 Å². The van der Waals surface area contributed by atoms with Crippen LogP contribution in [0.1, 0.15) is 58.1 Å². The molecule has 1 aliphatic heterocycles. The molecule has 0 saturated heterocycles. The Hall–Kier alpha value is -2.08. The molecular weight excluding hydrogens is 382 g/mol. The molecule has 2 aliphatic rings. The van der Waals surface area contributed by atoms with Gasteiger partial charge in [0.2, 0.25) is 0 Å². The molecule has 0 fully saturated rings. The van der Waals surface area contributed by atoms with Gasteiger partial charge in [-0.25, -0.2) is 8.78 Å². The third kappa shape index (κ3) is 4.17. The molecule has 2 unspecified atom stereocenters. The molecule has 2 atom stereocenters. The largest absolute Gasteiger partial charge is 0.289 e. The lowest BCUT2D eigenvalue weighted by Gasteiger charge is -2.34. The SMILES string of the molecule is CC.CCc1c(F)cncc1C1=CC2=C(C(Cl)CC1F)N(C(C)=N)C(=N)CC2. The van der Waals surface area contributed by atoms with Crippen LogP contribution in [0.15, 0.2) is 29.7 Å². The quantitative estimate of drug-likeness (QED) is 0.365. The fraction of sp³-hybridized carbons (Fsp3) is 0.476. The van der Waals surface area contributed by atoms with E-state index in [2.05, 4.69) is 4.98 Å². The molecule has 152 valence electrons. The van der Waals surface area contributed by atoms with Gasteiger partial charge in [0.05, 0.1) is 11.6 Å². The first-order valence-electron chi connectivity index (χ1n) is 9.63. The molecule has 0 radical (unpaired) electrons. The predicted molar refractivity (Wildman–Crippen MR) is 111 cm³/mol. The van der Waals surface area contributed by atoms with E-state index < -0.39 is 17.4 Å². The Kier molecular flexibility index (Phi) is 7.47. The zero-order valence-electron chi connectivity index (χ0n) is 16.7. The van der Waals surface area contributed by atoms with Crippen LogP contribution in [-0.4, -0.2) is 33.1 Å². The van der Waals surface area contributed by atoms with Gasteiger partial charge in [-0.2, -0.15) is 0 Å². The van der Waals surface area contributed by atoms with E-state index in [1.165, 1.54) is 11.1 Å². The summed E-state index contributed by atoms with van der Waals surface area (Å²) in [5.41, 5.74) is 2.68. The first-order chi connectivity index (χ1) is 13.3. The van der Waals surface area contributed by atoms with Gasteiger partial charge in [0.25, 0.3) is 0 Å². The Morgan fingerprint density at radius 1 is 1.32 bits per heavy atom. The van der Waals surface area contributed by atoms with Gasteiger partial charge in [0.15, 0.2) is 0 Å². The number of amidine groups is 2. The average molecular weight is 409 g/mol. The van der Waals surface area contributed by atoms with Crippen molar-refractivity contribution >= 4 is 28.8 Å². The van der Waals surface area contributed by atoms with Crippen molar-refractivity contribution in [2.24, 2.45) is 0 Å². The van der Waals surface area contributed by atoms with Crippen molar-refractivity contribution in [2.75, 3.05) is 0 Å². The van der Waals surface area contributed by atoms with Gasteiger partial charge in [0.1, 0.15) is 23.7 Å². The third-order valence-electron chi connectivity index (χ3n) is 4.85. The third-order valence-corrected chi connectivity index (χ3v) is 5.24. The summed E-state index contributed by atoms with van der Waals surface area (Å²) in [5.74, 6) is 0.0268. The number of aromatic nitrogens is 1. The summed E-state index contributed by atoms with van der Waals surface area (Å²) in [4.78, 5) is 5.39. The molecule has 3 rings (SSSR count). The molecule has 4 nitrogen and oxygen atoms in total. The molecule has 2 heterocycles. The lowest BCUT2D eigenvalue weighted by Crippen LogP contribution is -2.40. The molecule has 7 heteroatoms. The van der Waals surface area contributed by atoms with Gasteiger partial charge in [-0.3, -0.25) is 20.7 Å². The highest BCUT2D eigenvalue weighted by atomic mass is 35.5. The molecule has 2 N–H and O–H groups in total. The molecule has 1 aromatic heterocycles. The Morgan fingerprint density at radius 3 is 2.61 bits per heavy atom. The maximum Gasteiger partial charge on any atom is 0.145 e. The van der Waals surface area contributed by atoms with Crippen molar-refractivity contribution in [3.63, 3.8) is 0 Å². The number of nitrogens with one attached hydrogen (secondary N) is 2. The molecule has 0 amide bonds.